The normalized spacial score (nSPS) is 14.8. The highest BCUT2D eigenvalue weighted by atomic mass is 35.5. The van der Waals surface area contributed by atoms with Crippen molar-refractivity contribution in [3.63, 3.8) is 0 Å². The highest BCUT2D eigenvalue weighted by Crippen LogP contribution is 2.39. The number of ether oxygens (including phenoxy) is 2. The van der Waals surface area contributed by atoms with Gasteiger partial charge in [0.15, 0.2) is 5.60 Å². The van der Waals surface area contributed by atoms with Gasteiger partial charge in [-0.2, -0.15) is 0 Å². The number of thiophene rings is 1. The molecule has 1 aliphatic heterocycles. The number of carbonyl (C=O) groups is 3. The van der Waals surface area contributed by atoms with E-state index in [4.69, 9.17) is 21.1 Å². The van der Waals surface area contributed by atoms with E-state index in [1.807, 2.05) is 6.92 Å². The SMILES string of the molecule is COC(=O)c1cc(C)sc1NC(=O)CCN1C(=O)C(C)(C)Oc2ccc(Cl)cc21. The number of amides is 2. The van der Waals surface area contributed by atoms with Gasteiger partial charge in [-0.15, -0.1) is 11.3 Å². The van der Waals surface area contributed by atoms with E-state index in [2.05, 4.69) is 5.32 Å². The number of fused-ring (bicyclic) bond motifs is 1. The Morgan fingerprint density at radius 1 is 1.31 bits per heavy atom. The molecule has 29 heavy (non-hydrogen) atoms. The topological polar surface area (TPSA) is 84.9 Å². The monoisotopic (exact) mass is 436 g/mol. The maximum atomic E-state index is 12.8. The molecule has 9 heteroatoms. The molecule has 0 unspecified atom stereocenters. The minimum absolute atomic E-state index is 0.0331. The number of nitrogens with zero attached hydrogens (tertiary/aromatic N) is 1. The van der Waals surface area contributed by atoms with E-state index >= 15 is 0 Å². The van der Waals surface area contributed by atoms with Crippen molar-refractivity contribution in [2.24, 2.45) is 0 Å². The molecule has 0 aliphatic carbocycles. The Morgan fingerprint density at radius 3 is 2.72 bits per heavy atom. The Bertz CT molecular complexity index is 985. The van der Waals surface area contributed by atoms with Gasteiger partial charge in [0.25, 0.3) is 5.91 Å². The summed E-state index contributed by atoms with van der Waals surface area (Å²) in [7, 11) is 1.29. The quantitative estimate of drug-likeness (QED) is 0.715. The average molecular weight is 437 g/mol. The van der Waals surface area contributed by atoms with E-state index in [1.165, 1.54) is 23.3 Å². The van der Waals surface area contributed by atoms with E-state index < -0.39 is 11.6 Å². The zero-order chi connectivity index (χ0) is 21.3. The highest BCUT2D eigenvalue weighted by molar-refractivity contribution is 7.16. The predicted octanol–water partition coefficient (Wildman–Crippen LogP) is 4.03. The van der Waals surface area contributed by atoms with Crippen molar-refractivity contribution in [1.82, 2.24) is 0 Å². The molecule has 0 fully saturated rings. The number of anilines is 2. The van der Waals surface area contributed by atoms with Crippen molar-refractivity contribution in [3.8, 4) is 5.75 Å². The number of esters is 1. The third-order valence-electron chi connectivity index (χ3n) is 4.41. The van der Waals surface area contributed by atoms with Crippen LogP contribution in [0.2, 0.25) is 5.02 Å². The van der Waals surface area contributed by atoms with Crippen LogP contribution in [0.15, 0.2) is 24.3 Å². The minimum Gasteiger partial charge on any atom is -0.476 e. The lowest BCUT2D eigenvalue weighted by molar-refractivity contribution is -0.132. The van der Waals surface area contributed by atoms with E-state index in [1.54, 1.807) is 38.1 Å². The van der Waals surface area contributed by atoms with Crippen LogP contribution in [0.5, 0.6) is 5.75 Å². The summed E-state index contributed by atoms with van der Waals surface area (Å²) in [6.07, 6.45) is 0.0331. The van der Waals surface area contributed by atoms with Crippen LogP contribution < -0.4 is 15.0 Å². The lowest BCUT2D eigenvalue weighted by Gasteiger charge is -2.38. The van der Waals surface area contributed by atoms with Crippen molar-refractivity contribution in [2.75, 3.05) is 23.9 Å². The predicted molar refractivity (Wildman–Crippen MR) is 112 cm³/mol. The van der Waals surface area contributed by atoms with Crippen LogP contribution in [-0.4, -0.2) is 37.0 Å². The van der Waals surface area contributed by atoms with Crippen molar-refractivity contribution in [2.45, 2.75) is 32.8 Å². The number of benzene rings is 1. The number of rotatable bonds is 5. The lowest BCUT2D eigenvalue weighted by Crippen LogP contribution is -2.53. The molecule has 1 aliphatic rings. The first-order valence-electron chi connectivity index (χ1n) is 8.91. The fourth-order valence-corrected chi connectivity index (χ4v) is 4.12. The molecule has 0 bridgehead atoms. The third kappa shape index (κ3) is 4.38. The molecule has 2 aromatic rings. The summed E-state index contributed by atoms with van der Waals surface area (Å²) >= 11 is 7.37. The Morgan fingerprint density at radius 2 is 2.03 bits per heavy atom. The first-order chi connectivity index (χ1) is 13.6. The standard InChI is InChI=1S/C20H21ClN2O5S/c1-11-9-13(18(25)27-4)17(29-11)22-16(24)7-8-23-14-10-12(21)5-6-15(14)28-20(2,3)19(23)26/h5-6,9-10H,7-8H2,1-4H3,(H,22,24). The lowest BCUT2D eigenvalue weighted by atomic mass is 10.0. The smallest absolute Gasteiger partial charge is 0.340 e. The Balaban J connectivity index is 1.76. The molecule has 1 N–H and O–H groups in total. The fraction of sp³-hybridized carbons (Fsp3) is 0.350. The van der Waals surface area contributed by atoms with Crippen molar-refractivity contribution in [1.29, 1.82) is 0 Å². The van der Waals surface area contributed by atoms with Crippen LogP contribution >= 0.6 is 22.9 Å². The molecule has 7 nitrogen and oxygen atoms in total. The molecule has 3 rings (SSSR count). The molecule has 2 amide bonds. The van der Waals surface area contributed by atoms with E-state index in [0.717, 1.165) is 4.88 Å². The van der Waals surface area contributed by atoms with E-state index in [9.17, 15) is 14.4 Å². The summed E-state index contributed by atoms with van der Waals surface area (Å²) in [6.45, 7) is 5.33. The number of carbonyl (C=O) groups excluding carboxylic acids is 3. The van der Waals surface area contributed by atoms with Crippen molar-refractivity contribution >= 4 is 51.4 Å². The molecule has 0 atom stereocenters. The fourth-order valence-electron chi connectivity index (χ4n) is 3.03. The maximum absolute atomic E-state index is 12.8. The first-order valence-corrected chi connectivity index (χ1v) is 10.1. The summed E-state index contributed by atoms with van der Waals surface area (Å²) in [6, 6.07) is 6.69. The van der Waals surface area contributed by atoms with Crippen LogP contribution in [0.25, 0.3) is 0 Å². The van der Waals surface area contributed by atoms with E-state index in [-0.39, 0.29) is 24.8 Å². The third-order valence-corrected chi connectivity index (χ3v) is 5.61. The molecular formula is C20H21ClN2O5S. The molecule has 154 valence electrons. The second-order valence-corrected chi connectivity index (χ2v) is 8.76. The van der Waals surface area contributed by atoms with E-state index in [0.29, 0.717) is 27.0 Å². The second-order valence-electron chi connectivity index (χ2n) is 7.07. The maximum Gasteiger partial charge on any atom is 0.340 e. The Kier molecular flexibility index (Phi) is 5.86. The van der Waals surface area contributed by atoms with Gasteiger partial charge in [-0.05, 0) is 45.0 Å². The van der Waals surface area contributed by atoms with Gasteiger partial charge >= 0.3 is 5.97 Å². The Labute approximate surface area is 177 Å². The second kappa shape index (κ2) is 8.04. The summed E-state index contributed by atoms with van der Waals surface area (Å²) in [5, 5.41) is 3.63. The molecular weight excluding hydrogens is 416 g/mol. The average Bonchev–Trinajstić information content (AvgIpc) is 3.02. The largest absolute Gasteiger partial charge is 0.476 e. The molecule has 0 saturated carbocycles. The number of hydrogen-bond donors (Lipinski definition) is 1. The number of nitrogens with one attached hydrogen (secondary N) is 1. The number of hydrogen-bond acceptors (Lipinski definition) is 6. The van der Waals surface area contributed by atoms with Gasteiger partial charge in [-0.1, -0.05) is 11.6 Å². The van der Waals surface area contributed by atoms with Crippen LogP contribution in [0, 0.1) is 6.92 Å². The summed E-state index contributed by atoms with van der Waals surface area (Å²) in [4.78, 5) is 39.6. The van der Waals surface area contributed by atoms with Gasteiger partial charge in [0.1, 0.15) is 10.8 Å². The molecule has 0 radical (unpaired) electrons. The van der Waals surface area contributed by atoms with Gasteiger partial charge in [0.2, 0.25) is 5.91 Å². The van der Waals surface area contributed by atoms with Gasteiger partial charge in [0.05, 0.1) is 18.4 Å². The number of methoxy groups -OCH3 is 1. The van der Waals surface area contributed by atoms with Gasteiger partial charge in [-0.25, -0.2) is 4.79 Å². The number of halogens is 1. The Hall–Kier alpha value is -2.58. The van der Waals surface area contributed by atoms with Crippen LogP contribution in [-0.2, 0) is 14.3 Å². The van der Waals surface area contributed by atoms with Crippen LogP contribution in [0.4, 0.5) is 10.7 Å². The van der Waals surface area contributed by atoms with Crippen molar-refractivity contribution in [3.05, 3.63) is 39.7 Å². The highest BCUT2D eigenvalue weighted by Gasteiger charge is 2.41. The molecule has 0 spiro atoms. The zero-order valence-corrected chi connectivity index (χ0v) is 18.1. The van der Waals surface area contributed by atoms with Crippen molar-refractivity contribution < 1.29 is 23.9 Å². The zero-order valence-electron chi connectivity index (χ0n) is 16.5. The molecule has 1 aromatic carbocycles. The summed E-state index contributed by atoms with van der Waals surface area (Å²) in [5.74, 6) is -0.570. The summed E-state index contributed by atoms with van der Waals surface area (Å²) < 4.78 is 10.5. The van der Waals surface area contributed by atoms with Crippen LogP contribution in [0.3, 0.4) is 0 Å². The molecule has 2 heterocycles. The number of aryl methyl sites for hydroxylation is 1. The van der Waals surface area contributed by atoms with Gasteiger partial charge in [-0.3, -0.25) is 9.59 Å². The summed E-state index contributed by atoms with van der Waals surface area (Å²) in [5.41, 5.74) is -0.221. The molecule has 1 aromatic heterocycles. The molecule has 0 saturated heterocycles. The van der Waals surface area contributed by atoms with Crippen LogP contribution in [0.1, 0.15) is 35.5 Å². The minimum atomic E-state index is -1.06. The van der Waals surface area contributed by atoms with Gasteiger partial charge < -0.3 is 19.7 Å². The first kappa shape index (κ1) is 21.1. The van der Waals surface area contributed by atoms with Gasteiger partial charge in [0, 0.05) is 22.9 Å².